The molecule has 0 aromatic heterocycles. The summed E-state index contributed by atoms with van der Waals surface area (Å²) in [5.74, 6) is -1.09. The number of rotatable bonds is 8. The third-order valence-electron chi connectivity index (χ3n) is 5.60. The average Bonchev–Trinajstić information content (AvgIpc) is 2.82. The fourth-order valence-corrected chi connectivity index (χ4v) is 3.79. The first kappa shape index (κ1) is 26.3. The van der Waals surface area contributed by atoms with Gasteiger partial charge in [0.15, 0.2) is 0 Å². The molecule has 1 aliphatic rings. The number of carbonyl (C=O) groups is 2. The molecular formula is C25H30F3N3O4. The molecule has 2 N–H and O–H groups in total. The zero-order valence-corrected chi connectivity index (χ0v) is 19.9. The monoisotopic (exact) mass is 493 g/mol. The summed E-state index contributed by atoms with van der Waals surface area (Å²) in [6.45, 7) is 7.46. The number of nitrogens with one attached hydrogen (secondary N) is 2. The van der Waals surface area contributed by atoms with Gasteiger partial charge in [0.2, 0.25) is 5.91 Å². The SMILES string of the molecule is CCOc1ccccc1C(=O)N[C@@H](C(=O)Nc1cc(C(F)(F)F)ccc1N1CCOCC1)C(C)C. The first-order valence-corrected chi connectivity index (χ1v) is 11.5. The van der Waals surface area contributed by atoms with E-state index in [1.165, 1.54) is 6.07 Å². The molecule has 7 nitrogen and oxygen atoms in total. The zero-order valence-electron chi connectivity index (χ0n) is 19.9. The van der Waals surface area contributed by atoms with Crippen LogP contribution in [0.3, 0.4) is 0 Å². The molecule has 10 heteroatoms. The maximum Gasteiger partial charge on any atom is 0.416 e. The molecule has 2 amide bonds. The number of hydrogen-bond donors (Lipinski definition) is 2. The molecular weight excluding hydrogens is 463 g/mol. The van der Waals surface area contributed by atoms with Gasteiger partial charge in [0.1, 0.15) is 11.8 Å². The van der Waals surface area contributed by atoms with Crippen molar-refractivity contribution in [2.24, 2.45) is 5.92 Å². The third-order valence-corrected chi connectivity index (χ3v) is 5.60. The number of amides is 2. The molecule has 1 fully saturated rings. The van der Waals surface area contributed by atoms with Crippen LogP contribution in [0, 0.1) is 5.92 Å². The predicted molar refractivity (Wildman–Crippen MR) is 127 cm³/mol. The van der Waals surface area contributed by atoms with Gasteiger partial charge >= 0.3 is 6.18 Å². The Morgan fingerprint density at radius 2 is 1.80 bits per heavy atom. The van der Waals surface area contributed by atoms with E-state index in [4.69, 9.17) is 9.47 Å². The van der Waals surface area contributed by atoms with Crippen molar-refractivity contribution in [1.82, 2.24) is 5.32 Å². The molecule has 0 saturated carbocycles. The smallest absolute Gasteiger partial charge is 0.416 e. The fourth-order valence-electron chi connectivity index (χ4n) is 3.79. The number of hydrogen-bond acceptors (Lipinski definition) is 5. The van der Waals surface area contributed by atoms with E-state index in [2.05, 4.69) is 10.6 Å². The van der Waals surface area contributed by atoms with Crippen molar-refractivity contribution >= 4 is 23.2 Å². The fraction of sp³-hybridized carbons (Fsp3) is 0.440. The molecule has 0 aliphatic carbocycles. The van der Waals surface area contributed by atoms with Crippen LogP contribution < -0.4 is 20.3 Å². The Bertz CT molecular complexity index is 1040. The Morgan fingerprint density at radius 3 is 2.43 bits per heavy atom. The Kier molecular flexibility index (Phi) is 8.61. The summed E-state index contributed by atoms with van der Waals surface area (Å²) in [5, 5.41) is 5.34. The minimum Gasteiger partial charge on any atom is -0.493 e. The molecule has 2 aromatic carbocycles. The van der Waals surface area contributed by atoms with E-state index < -0.39 is 29.6 Å². The number of morpholine rings is 1. The minimum atomic E-state index is -4.57. The van der Waals surface area contributed by atoms with E-state index in [0.717, 1.165) is 12.1 Å². The van der Waals surface area contributed by atoms with Crippen molar-refractivity contribution in [3.63, 3.8) is 0 Å². The second-order valence-corrected chi connectivity index (χ2v) is 8.44. The molecule has 0 unspecified atom stereocenters. The molecule has 1 aliphatic heterocycles. The second-order valence-electron chi connectivity index (χ2n) is 8.44. The van der Waals surface area contributed by atoms with Crippen LogP contribution >= 0.6 is 0 Å². The zero-order chi connectivity index (χ0) is 25.6. The Morgan fingerprint density at radius 1 is 1.11 bits per heavy atom. The van der Waals surface area contributed by atoms with E-state index in [1.807, 2.05) is 4.90 Å². The summed E-state index contributed by atoms with van der Waals surface area (Å²) >= 11 is 0. The average molecular weight is 494 g/mol. The number of alkyl halides is 3. The Hall–Kier alpha value is -3.27. The lowest BCUT2D eigenvalue weighted by Gasteiger charge is -2.31. The van der Waals surface area contributed by atoms with Crippen molar-refractivity contribution in [1.29, 1.82) is 0 Å². The highest BCUT2D eigenvalue weighted by atomic mass is 19.4. The van der Waals surface area contributed by atoms with E-state index in [9.17, 15) is 22.8 Å². The molecule has 2 aromatic rings. The number of nitrogens with zero attached hydrogens (tertiary/aromatic N) is 1. The Balaban J connectivity index is 1.87. The van der Waals surface area contributed by atoms with Crippen LogP contribution in [0.25, 0.3) is 0 Å². The highest BCUT2D eigenvalue weighted by Crippen LogP contribution is 2.36. The van der Waals surface area contributed by atoms with Crippen LogP contribution in [-0.4, -0.2) is 50.8 Å². The van der Waals surface area contributed by atoms with Gasteiger partial charge in [0.25, 0.3) is 5.91 Å². The molecule has 35 heavy (non-hydrogen) atoms. The van der Waals surface area contributed by atoms with Crippen LogP contribution in [-0.2, 0) is 15.7 Å². The van der Waals surface area contributed by atoms with Crippen LogP contribution in [0.4, 0.5) is 24.5 Å². The number of para-hydroxylation sites is 1. The van der Waals surface area contributed by atoms with Crippen molar-refractivity contribution in [2.75, 3.05) is 43.1 Å². The minimum absolute atomic E-state index is 0.0290. The van der Waals surface area contributed by atoms with Gasteiger partial charge < -0.3 is 25.0 Å². The first-order chi connectivity index (χ1) is 16.6. The van der Waals surface area contributed by atoms with Gasteiger partial charge in [-0.1, -0.05) is 26.0 Å². The maximum absolute atomic E-state index is 13.4. The molecule has 3 rings (SSSR count). The predicted octanol–water partition coefficient (Wildman–Crippen LogP) is 4.33. The van der Waals surface area contributed by atoms with Crippen molar-refractivity contribution in [2.45, 2.75) is 33.0 Å². The molecule has 0 radical (unpaired) electrons. The van der Waals surface area contributed by atoms with Gasteiger partial charge in [0, 0.05) is 13.1 Å². The van der Waals surface area contributed by atoms with Gasteiger partial charge in [-0.25, -0.2) is 0 Å². The number of halogens is 3. The summed E-state index contributed by atoms with van der Waals surface area (Å²) < 4.78 is 51.1. The van der Waals surface area contributed by atoms with Crippen LogP contribution in [0.2, 0.25) is 0 Å². The van der Waals surface area contributed by atoms with Gasteiger partial charge in [-0.05, 0) is 43.2 Å². The largest absolute Gasteiger partial charge is 0.493 e. The second kappa shape index (κ2) is 11.4. The van der Waals surface area contributed by atoms with Crippen molar-refractivity contribution in [3.05, 3.63) is 53.6 Å². The van der Waals surface area contributed by atoms with E-state index in [0.29, 0.717) is 44.3 Å². The lowest BCUT2D eigenvalue weighted by molar-refractivity contribution is -0.137. The molecule has 190 valence electrons. The van der Waals surface area contributed by atoms with Gasteiger partial charge in [0.05, 0.1) is 42.3 Å². The van der Waals surface area contributed by atoms with Gasteiger partial charge in [-0.3, -0.25) is 9.59 Å². The molecule has 0 bridgehead atoms. The molecule has 1 heterocycles. The van der Waals surface area contributed by atoms with Gasteiger partial charge in [-0.2, -0.15) is 13.2 Å². The quantitative estimate of drug-likeness (QED) is 0.572. The lowest BCUT2D eigenvalue weighted by atomic mass is 10.0. The summed E-state index contributed by atoms with van der Waals surface area (Å²) in [6.07, 6.45) is -4.57. The normalized spacial score (nSPS) is 15.0. The Labute approximate surface area is 202 Å². The topological polar surface area (TPSA) is 79.9 Å². The highest BCUT2D eigenvalue weighted by Gasteiger charge is 2.33. The molecule has 1 atom stereocenters. The van der Waals surface area contributed by atoms with Crippen molar-refractivity contribution in [3.8, 4) is 5.75 Å². The van der Waals surface area contributed by atoms with Crippen LogP contribution in [0.1, 0.15) is 36.7 Å². The van der Waals surface area contributed by atoms with E-state index in [1.54, 1.807) is 45.0 Å². The number of benzene rings is 2. The van der Waals surface area contributed by atoms with E-state index in [-0.39, 0.29) is 17.2 Å². The lowest BCUT2D eigenvalue weighted by Crippen LogP contribution is -2.47. The number of ether oxygens (including phenoxy) is 2. The third kappa shape index (κ3) is 6.66. The maximum atomic E-state index is 13.4. The highest BCUT2D eigenvalue weighted by molar-refractivity contribution is 6.03. The molecule has 1 saturated heterocycles. The van der Waals surface area contributed by atoms with Crippen LogP contribution in [0.5, 0.6) is 5.75 Å². The molecule has 0 spiro atoms. The summed E-state index contributed by atoms with van der Waals surface area (Å²) in [7, 11) is 0. The number of anilines is 2. The summed E-state index contributed by atoms with van der Waals surface area (Å²) in [6, 6.07) is 8.92. The standard InChI is InChI=1S/C25H30F3N3O4/c1-4-35-21-8-6-5-7-18(21)23(32)30-22(16(2)3)24(33)29-19-15-17(25(26,27)28)9-10-20(19)31-11-13-34-14-12-31/h5-10,15-16,22H,4,11-14H2,1-3H3,(H,29,33)(H,30,32)/t22-/m1/s1. The van der Waals surface area contributed by atoms with Crippen molar-refractivity contribution < 1.29 is 32.2 Å². The van der Waals surface area contributed by atoms with Gasteiger partial charge in [-0.15, -0.1) is 0 Å². The summed E-state index contributed by atoms with van der Waals surface area (Å²) in [4.78, 5) is 28.1. The summed E-state index contributed by atoms with van der Waals surface area (Å²) in [5.41, 5.74) is -0.118. The van der Waals surface area contributed by atoms with E-state index >= 15 is 0 Å². The van der Waals surface area contributed by atoms with Crippen LogP contribution in [0.15, 0.2) is 42.5 Å². The first-order valence-electron chi connectivity index (χ1n) is 11.5. The number of carbonyl (C=O) groups excluding carboxylic acids is 2.